The number of aliphatic hydroxyl groups excluding tert-OH is 1. The van der Waals surface area contributed by atoms with Crippen molar-refractivity contribution in [1.29, 1.82) is 0 Å². The zero-order valence-electron chi connectivity index (χ0n) is 7.96. The van der Waals surface area contributed by atoms with Gasteiger partial charge in [-0.2, -0.15) is 0 Å². The van der Waals surface area contributed by atoms with E-state index in [9.17, 15) is 14.6 Å². The summed E-state index contributed by atoms with van der Waals surface area (Å²) < 4.78 is 13.9. The molecule has 2 nitrogen and oxygen atoms in total. The van der Waals surface area contributed by atoms with Gasteiger partial charge < -0.3 is 10.2 Å². The predicted octanol–water partition coefficient (Wildman–Crippen LogP) is 2.39. The molecule has 1 unspecified atom stereocenters. The summed E-state index contributed by atoms with van der Waals surface area (Å²) in [5.41, 5.74) is -1.27. The average Bonchev–Trinajstić information content (AvgIpc) is 2.06. The lowest BCUT2D eigenvalue weighted by Gasteiger charge is -2.25. The van der Waals surface area contributed by atoms with Gasteiger partial charge in [-0.1, -0.05) is 15.9 Å². The highest BCUT2D eigenvalue weighted by Gasteiger charge is 2.28. The maximum atomic E-state index is 13.3. The second kappa shape index (κ2) is 3.96. The van der Waals surface area contributed by atoms with Crippen LogP contribution in [0.4, 0.5) is 4.39 Å². The van der Waals surface area contributed by atoms with E-state index in [-0.39, 0.29) is 5.56 Å². The van der Waals surface area contributed by atoms with E-state index in [0.717, 1.165) is 0 Å². The van der Waals surface area contributed by atoms with Gasteiger partial charge in [0, 0.05) is 10.0 Å². The van der Waals surface area contributed by atoms with Crippen LogP contribution in [-0.4, -0.2) is 15.8 Å². The summed E-state index contributed by atoms with van der Waals surface area (Å²) >= 11 is 3.17. The maximum Gasteiger partial charge on any atom is 0.129 e. The fourth-order valence-corrected chi connectivity index (χ4v) is 1.48. The third-order valence-electron chi connectivity index (χ3n) is 1.92. The average molecular weight is 263 g/mol. The Morgan fingerprint density at radius 1 is 1.43 bits per heavy atom. The van der Waals surface area contributed by atoms with Crippen LogP contribution in [0.25, 0.3) is 0 Å². The van der Waals surface area contributed by atoms with Gasteiger partial charge in [0.25, 0.3) is 0 Å². The molecule has 0 aliphatic heterocycles. The molecular weight excluding hydrogens is 251 g/mol. The Morgan fingerprint density at radius 3 is 2.50 bits per heavy atom. The van der Waals surface area contributed by atoms with Gasteiger partial charge >= 0.3 is 0 Å². The largest absolute Gasteiger partial charge is 0.387 e. The number of benzene rings is 1. The second-order valence-electron chi connectivity index (χ2n) is 3.72. The molecule has 1 rings (SSSR count). The summed E-state index contributed by atoms with van der Waals surface area (Å²) in [5, 5.41) is 19.2. The zero-order valence-corrected chi connectivity index (χ0v) is 9.55. The van der Waals surface area contributed by atoms with Crippen LogP contribution in [0.5, 0.6) is 0 Å². The summed E-state index contributed by atoms with van der Waals surface area (Å²) in [6.45, 7) is 2.86. The maximum absolute atomic E-state index is 13.3. The molecule has 4 heteroatoms. The Kier molecular flexibility index (Phi) is 3.29. The molecule has 0 amide bonds. The van der Waals surface area contributed by atoms with Gasteiger partial charge in [-0.25, -0.2) is 4.39 Å². The molecule has 0 aliphatic rings. The number of rotatable bonds is 2. The Morgan fingerprint density at radius 2 is 2.00 bits per heavy atom. The molecule has 1 aromatic rings. The van der Waals surface area contributed by atoms with E-state index < -0.39 is 17.5 Å². The van der Waals surface area contributed by atoms with Crippen molar-refractivity contribution in [3.63, 3.8) is 0 Å². The first kappa shape index (κ1) is 11.6. The topological polar surface area (TPSA) is 40.5 Å². The minimum atomic E-state index is -1.36. The molecule has 0 fully saturated rings. The Balaban J connectivity index is 3.12. The summed E-state index contributed by atoms with van der Waals surface area (Å²) in [4.78, 5) is 0. The molecular formula is C10H12BrFO2. The third kappa shape index (κ3) is 2.53. The van der Waals surface area contributed by atoms with E-state index in [4.69, 9.17) is 0 Å². The number of halogens is 2. The molecule has 0 bridgehead atoms. The van der Waals surface area contributed by atoms with Gasteiger partial charge in [-0.15, -0.1) is 0 Å². The van der Waals surface area contributed by atoms with Gasteiger partial charge in [-0.3, -0.25) is 0 Å². The van der Waals surface area contributed by atoms with Crippen LogP contribution in [0.15, 0.2) is 22.7 Å². The van der Waals surface area contributed by atoms with E-state index in [2.05, 4.69) is 15.9 Å². The molecule has 2 N–H and O–H groups in total. The van der Waals surface area contributed by atoms with Gasteiger partial charge in [0.1, 0.15) is 11.9 Å². The van der Waals surface area contributed by atoms with Crippen molar-refractivity contribution in [3.05, 3.63) is 34.1 Å². The Hall–Kier alpha value is -0.450. The minimum absolute atomic E-state index is 0.0897. The molecule has 1 atom stereocenters. The Bertz CT molecular complexity index is 333. The summed E-state index contributed by atoms with van der Waals surface area (Å²) in [7, 11) is 0. The van der Waals surface area contributed by atoms with Crippen LogP contribution in [0.3, 0.4) is 0 Å². The zero-order chi connectivity index (χ0) is 10.9. The molecule has 0 radical (unpaired) electrons. The smallest absolute Gasteiger partial charge is 0.129 e. The van der Waals surface area contributed by atoms with E-state index in [1.54, 1.807) is 0 Å². The number of hydrogen-bond donors (Lipinski definition) is 2. The highest BCUT2D eigenvalue weighted by atomic mass is 79.9. The lowest BCUT2D eigenvalue weighted by Crippen LogP contribution is -2.29. The predicted molar refractivity (Wildman–Crippen MR) is 55.4 cm³/mol. The molecule has 0 saturated heterocycles. The van der Waals surface area contributed by atoms with Crippen LogP contribution in [0.2, 0.25) is 0 Å². The van der Waals surface area contributed by atoms with Crippen molar-refractivity contribution in [1.82, 2.24) is 0 Å². The van der Waals surface area contributed by atoms with Crippen molar-refractivity contribution in [2.24, 2.45) is 0 Å². The first-order chi connectivity index (χ1) is 6.32. The van der Waals surface area contributed by atoms with Crippen LogP contribution >= 0.6 is 15.9 Å². The van der Waals surface area contributed by atoms with E-state index in [1.165, 1.54) is 32.0 Å². The van der Waals surface area contributed by atoms with E-state index in [1.807, 2.05) is 0 Å². The molecule has 0 saturated carbocycles. The molecule has 0 heterocycles. The third-order valence-corrected chi connectivity index (χ3v) is 2.42. The standard InChI is InChI=1S/C10H12BrFO2/c1-10(2,14)9(13)7-5-6(11)3-4-8(7)12/h3-5,9,13-14H,1-2H3. The van der Waals surface area contributed by atoms with Crippen molar-refractivity contribution in [3.8, 4) is 0 Å². The number of hydrogen-bond acceptors (Lipinski definition) is 2. The lowest BCUT2D eigenvalue weighted by atomic mass is 9.94. The molecule has 0 spiro atoms. The van der Waals surface area contributed by atoms with Gasteiger partial charge in [-0.05, 0) is 32.0 Å². The lowest BCUT2D eigenvalue weighted by molar-refractivity contribution is -0.0512. The van der Waals surface area contributed by atoms with Gasteiger partial charge in [0.2, 0.25) is 0 Å². The van der Waals surface area contributed by atoms with Gasteiger partial charge in [0.05, 0.1) is 5.60 Å². The highest BCUT2D eigenvalue weighted by molar-refractivity contribution is 9.10. The first-order valence-corrected chi connectivity index (χ1v) is 4.97. The summed E-state index contributed by atoms with van der Waals surface area (Å²) in [6.07, 6.45) is -1.24. The van der Waals surface area contributed by atoms with Crippen LogP contribution < -0.4 is 0 Å². The van der Waals surface area contributed by atoms with Crippen molar-refractivity contribution in [2.45, 2.75) is 25.6 Å². The minimum Gasteiger partial charge on any atom is -0.387 e. The summed E-state index contributed by atoms with van der Waals surface area (Å²) in [5.74, 6) is -0.525. The SMILES string of the molecule is CC(C)(O)C(O)c1cc(Br)ccc1F. The quantitative estimate of drug-likeness (QED) is 0.860. The first-order valence-electron chi connectivity index (χ1n) is 4.18. The number of aliphatic hydroxyl groups is 2. The molecule has 14 heavy (non-hydrogen) atoms. The summed E-state index contributed by atoms with van der Waals surface area (Å²) in [6, 6.07) is 4.24. The van der Waals surface area contributed by atoms with Gasteiger partial charge in [0.15, 0.2) is 0 Å². The van der Waals surface area contributed by atoms with Crippen LogP contribution in [0.1, 0.15) is 25.5 Å². The fourth-order valence-electron chi connectivity index (χ4n) is 1.10. The normalized spacial score (nSPS) is 14.1. The second-order valence-corrected chi connectivity index (χ2v) is 4.64. The molecule has 0 aliphatic carbocycles. The fraction of sp³-hybridized carbons (Fsp3) is 0.400. The van der Waals surface area contributed by atoms with E-state index >= 15 is 0 Å². The van der Waals surface area contributed by atoms with Crippen LogP contribution in [0, 0.1) is 5.82 Å². The van der Waals surface area contributed by atoms with Crippen molar-refractivity contribution in [2.75, 3.05) is 0 Å². The van der Waals surface area contributed by atoms with Crippen molar-refractivity contribution >= 4 is 15.9 Å². The van der Waals surface area contributed by atoms with E-state index in [0.29, 0.717) is 4.47 Å². The highest BCUT2D eigenvalue weighted by Crippen LogP contribution is 2.29. The van der Waals surface area contributed by atoms with Crippen molar-refractivity contribution < 1.29 is 14.6 Å². The Labute approximate surface area is 90.5 Å². The molecule has 1 aromatic carbocycles. The van der Waals surface area contributed by atoms with Crippen LogP contribution in [-0.2, 0) is 0 Å². The molecule has 78 valence electrons. The monoisotopic (exact) mass is 262 g/mol. The molecule has 0 aromatic heterocycles.